The summed E-state index contributed by atoms with van der Waals surface area (Å²) in [5, 5.41) is 12.9. The predicted molar refractivity (Wildman–Crippen MR) is 72.7 cm³/mol. The molecule has 3 rings (SSSR count). The average Bonchev–Trinajstić information content (AvgIpc) is 2.92. The number of likely N-dealkylation sites (tertiary alicyclic amines) is 1. The third kappa shape index (κ3) is 3.05. The van der Waals surface area contributed by atoms with Gasteiger partial charge in [0, 0.05) is 44.3 Å². The fourth-order valence-electron chi connectivity index (χ4n) is 3.58. The quantitative estimate of drug-likeness (QED) is 0.713. The second-order valence-electron chi connectivity index (χ2n) is 6.18. The molecule has 1 saturated carbocycles. The van der Waals surface area contributed by atoms with Crippen molar-refractivity contribution in [2.45, 2.75) is 50.2 Å². The first-order valence-electron chi connectivity index (χ1n) is 7.69. The first-order valence-corrected chi connectivity index (χ1v) is 7.69. The first kappa shape index (κ1) is 12.9. The van der Waals surface area contributed by atoms with Crippen LogP contribution in [0.1, 0.15) is 32.1 Å². The number of nitrogens with zero attached hydrogens (tertiary/aromatic N) is 2. The monoisotopic (exact) mass is 253 g/mol. The summed E-state index contributed by atoms with van der Waals surface area (Å²) in [6.07, 6.45) is 6.74. The lowest BCUT2D eigenvalue weighted by molar-refractivity contribution is 0.139. The Labute approximate surface area is 110 Å². The molecular weight excluding hydrogens is 226 g/mol. The van der Waals surface area contributed by atoms with Crippen LogP contribution in [0, 0.1) is 0 Å². The van der Waals surface area contributed by atoms with E-state index in [1.54, 1.807) is 0 Å². The zero-order chi connectivity index (χ0) is 12.4. The van der Waals surface area contributed by atoms with Gasteiger partial charge in [-0.05, 0) is 38.6 Å². The summed E-state index contributed by atoms with van der Waals surface area (Å²) in [6, 6.07) is 2.24. The van der Waals surface area contributed by atoms with Crippen molar-refractivity contribution in [3.05, 3.63) is 0 Å². The number of hydrogen-bond donors (Lipinski definition) is 2. The molecule has 2 saturated heterocycles. The molecule has 4 heteroatoms. The largest absolute Gasteiger partial charge is 0.395 e. The number of hydrogen-bond acceptors (Lipinski definition) is 4. The molecule has 0 spiro atoms. The van der Waals surface area contributed by atoms with Gasteiger partial charge in [0.2, 0.25) is 0 Å². The highest BCUT2D eigenvalue weighted by Gasteiger charge is 2.36. The Kier molecular flexibility index (Phi) is 4.19. The van der Waals surface area contributed by atoms with Crippen molar-refractivity contribution in [2.75, 3.05) is 39.3 Å². The van der Waals surface area contributed by atoms with Gasteiger partial charge in [-0.3, -0.25) is 9.80 Å². The lowest BCUT2D eigenvalue weighted by Gasteiger charge is -2.31. The maximum absolute atomic E-state index is 9.28. The van der Waals surface area contributed by atoms with Crippen LogP contribution in [0.25, 0.3) is 0 Å². The van der Waals surface area contributed by atoms with Gasteiger partial charge in [0.15, 0.2) is 0 Å². The van der Waals surface area contributed by atoms with Gasteiger partial charge in [-0.15, -0.1) is 0 Å². The highest BCUT2D eigenvalue weighted by Crippen LogP contribution is 2.31. The van der Waals surface area contributed by atoms with Gasteiger partial charge in [0.05, 0.1) is 6.61 Å². The first-order chi connectivity index (χ1) is 8.86. The lowest BCUT2D eigenvalue weighted by atomic mass is 10.1. The molecule has 0 amide bonds. The molecule has 0 aromatic carbocycles. The van der Waals surface area contributed by atoms with E-state index in [9.17, 15) is 5.11 Å². The molecule has 18 heavy (non-hydrogen) atoms. The van der Waals surface area contributed by atoms with E-state index in [4.69, 9.17) is 0 Å². The Balaban J connectivity index is 1.51. The third-order valence-corrected chi connectivity index (χ3v) is 4.78. The summed E-state index contributed by atoms with van der Waals surface area (Å²) in [7, 11) is 0. The maximum atomic E-state index is 9.28. The summed E-state index contributed by atoms with van der Waals surface area (Å²) in [5.74, 6) is 0. The van der Waals surface area contributed by atoms with Gasteiger partial charge in [0.25, 0.3) is 0 Å². The smallest absolute Gasteiger partial charge is 0.0558 e. The van der Waals surface area contributed by atoms with E-state index in [0.29, 0.717) is 18.7 Å². The Hall–Kier alpha value is -0.160. The Morgan fingerprint density at radius 1 is 1.22 bits per heavy atom. The van der Waals surface area contributed by atoms with Gasteiger partial charge >= 0.3 is 0 Å². The van der Waals surface area contributed by atoms with Crippen LogP contribution < -0.4 is 5.32 Å². The highest BCUT2D eigenvalue weighted by molar-refractivity contribution is 4.93. The zero-order valence-electron chi connectivity index (χ0n) is 11.4. The van der Waals surface area contributed by atoms with Gasteiger partial charge in [-0.1, -0.05) is 0 Å². The van der Waals surface area contributed by atoms with Crippen LogP contribution in [0.5, 0.6) is 0 Å². The summed E-state index contributed by atoms with van der Waals surface area (Å²) >= 11 is 0. The van der Waals surface area contributed by atoms with Crippen molar-refractivity contribution in [1.29, 1.82) is 0 Å². The topological polar surface area (TPSA) is 38.7 Å². The molecule has 0 radical (unpaired) electrons. The molecule has 104 valence electrons. The lowest BCUT2D eigenvalue weighted by Crippen LogP contribution is -2.46. The second-order valence-corrected chi connectivity index (χ2v) is 6.18. The van der Waals surface area contributed by atoms with Crippen LogP contribution in [0.3, 0.4) is 0 Å². The van der Waals surface area contributed by atoms with Crippen LogP contribution in [0.15, 0.2) is 0 Å². The summed E-state index contributed by atoms with van der Waals surface area (Å²) in [5.41, 5.74) is 0. The highest BCUT2D eigenvalue weighted by atomic mass is 16.3. The van der Waals surface area contributed by atoms with Gasteiger partial charge in [0.1, 0.15) is 0 Å². The summed E-state index contributed by atoms with van der Waals surface area (Å²) < 4.78 is 0. The number of rotatable bonds is 6. The third-order valence-electron chi connectivity index (χ3n) is 4.78. The second kappa shape index (κ2) is 5.87. The van der Waals surface area contributed by atoms with Crippen molar-refractivity contribution in [3.63, 3.8) is 0 Å². The van der Waals surface area contributed by atoms with Crippen molar-refractivity contribution in [2.24, 2.45) is 0 Å². The van der Waals surface area contributed by atoms with Crippen molar-refractivity contribution in [3.8, 4) is 0 Å². The molecule has 2 unspecified atom stereocenters. The molecule has 4 nitrogen and oxygen atoms in total. The fourth-order valence-corrected chi connectivity index (χ4v) is 3.58. The van der Waals surface area contributed by atoms with Crippen LogP contribution in [0.4, 0.5) is 0 Å². The average molecular weight is 253 g/mol. The minimum absolute atomic E-state index is 0.298. The van der Waals surface area contributed by atoms with E-state index >= 15 is 0 Å². The molecule has 0 aromatic heterocycles. The van der Waals surface area contributed by atoms with Crippen molar-refractivity contribution >= 4 is 0 Å². The van der Waals surface area contributed by atoms with E-state index in [-0.39, 0.29) is 0 Å². The van der Waals surface area contributed by atoms with E-state index in [0.717, 1.165) is 19.1 Å². The molecule has 1 aliphatic carbocycles. The normalized spacial score (nSPS) is 33.7. The molecule has 2 N–H and O–H groups in total. The van der Waals surface area contributed by atoms with Crippen molar-refractivity contribution < 1.29 is 5.11 Å². The van der Waals surface area contributed by atoms with E-state index < -0.39 is 0 Å². The minimum atomic E-state index is 0.298. The minimum Gasteiger partial charge on any atom is -0.395 e. The SMILES string of the molecule is OCCN(CC1CCCN1)C1CCN(C2CC2)C1. The molecular formula is C14H27N3O. The van der Waals surface area contributed by atoms with Gasteiger partial charge in [-0.2, -0.15) is 0 Å². The zero-order valence-corrected chi connectivity index (χ0v) is 11.4. The van der Waals surface area contributed by atoms with Crippen molar-refractivity contribution in [1.82, 2.24) is 15.1 Å². The molecule has 3 aliphatic rings. The predicted octanol–water partition coefficient (Wildman–Crippen LogP) is 0.269. The molecule has 2 atom stereocenters. The van der Waals surface area contributed by atoms with Crippen LogP contribution in [0.2, 0.25) is 0 Å². The van der Waals surface area contributed by atoms with E-state index in [1.165, 1.54) is 51.7 Å². The standard InChI is InChI=1S/C14H27N3O/c18-9-8-17(10-12-2-1-6-15-12)14-5-7-16(11-14)13-3-4-13/h12-15,18H,1-11H2. The number of aliphatic hydroxyl groups excluding tert-OH is 1. The van der Waals surface area contributed by atoms with Crippen LogP contribution in [-0.2, 0) is 0 Å². The van der Waals surface area contributed by atoms with Crippen LogP contribution in [-0.4, -0.2) is 72.4 Å². The number of nitrogens with one attached hydrogen (secondary N) is 1. The van der Waals surface area contributed by atoms with E-state index in [2.05, 4.69) is 15.1 Å². The van der Waals surface area contributed by atoms with E-state index in [1.807, 2.05) is 0 Å². The fraction of sp³-hybridized carbons (Fsp3) is 1.00. The molecule has 0 bridgehead atoms. The maximum Gasteiger partial charge on any atom is 0.0558 e. The molecule has 2 heterocycles. The Morgan fingerprint density at radius 3 is 2.78 bits per heavy atom. The number of aliphatic hydroxyl groups is 1. The molecule has 3 fully saturated rings. The van der Waals surface area contributed by atoms with Gasteiger partial charge < -0.3 is 10.4 Å². The van der Waals surface area contributed by atoms with Gasteiger partial charge in [-0.25, -0.2) is 0 Å². The summed E-state index contributed by atoms with van der Waals surface area (Å²) in [6.45, 7) is 5.96. The van der Waals surface area contributed by atoms with Crippen LogP contribution >= 0.6 is 0 Å². The molecule has 2 aliphatic heterocycles. The Bertz CT molecular complexity index is 264. The Morgan fingerprint density at radius 2 is 2.11 bits per heavy atom. The summed E-state index contributed by atoms with van der Waals surface area (Å²) in [4.78, 5) is 5.20. The molecule has 0 aromatic rings.